The molecule has 1 amide bonds. The van der Waals surface area contributed by atoms with Gasteiger partial charge in [-0.2, -0.15) is 13.2 Å². The second kappa shape index (κ2) is 8.43. The Morgan fingerprint density at radius 3 is 2.36 bits per heavy atom. The molecule has 1 aromatic heterocycles. The number of benzene rings is 2. The molecule has 0 bridgehead atoms. The fraction of sp³-hybridized carbons (Fsp3) is 0.130. The van der Waals surface area contributed by atoms with E-state index < -0.39 is 35.2 Å². The van der Waals surface area contributed by atoms with Gasteiger partial charge in [-0.1, -0.05) is 0 Å². The monoisotopic (exact) mass is 521 g/mol. The number of alkyl halides is 3. The summed E-state index contributed by atoms with van der Waals surface area (Å²) in [5.41, 5.74) is -0.890. The van der Waals surface area contributed by atoms with E-state index in [4.69, 9.17) is 9.15 Å². The number of rotatable bonds is 4. The van der Waals surface area contributed by atoms with Crippen molar-refractivity contribution < 1.29 is 37.0 Å². The van der Waals surface area contributed by atoms with E-state index in [1.54, 1.807) is 6.07 Å². The molecular formula is C23H15BrF3NO5. The van der Waals surface area contributed by atoms with Gasteiger partial charge in [0, 0.05) is 11.3 Å². The Labute approximate surface area is 194 Å². The van der Waals surface area contributed by atoms with Crippen LogP contribution in [0.1, 0.15) is 22.9 Å². The summed E-state index contributed by atoms with van der Waals surface area (Å²) < 4.78 is 50.0. The van der Waals surface area contributed by atoms with Gasteiger partial charge in [0.2, 0.25) is 0 Å². The van der Waals surface area contributed by atoms with Crippen LogP contribution in [0.4, 0.5) is 18.9 Å². The van der Waals surface area contributed by atoms with Crippen LogP contribution >= 0.6 is 15.9 Å². The van der Waals surface area contributed by atoms with E-state index in [1.807, 2.05) is 0 Å². The lowest BCUT2D eigenvalue weighted by Gasteiger charge is -2.23. The summed E-state index contributed by atoms with van der Waals surface area (Å²) >= 11 is 3.30. The summed E-state index contributed by atoms with van der Waals surface area (Å²) in [5.74, 6) is -1.83. The Morgan fingerprint density at radius 2 is 1.82 bits per heavy atom. The van der Waals surface area contributed by atoms with E-state index >= 15 is 0 Å². The summed E-state index contributed by atoms with van der Waals surface area (Å²) in [5, 5.41) is 11.0. The number of carbonyl (C=O) groups is 2. The smallest absolute Gasteiger partial charge is 0.416 e. The van der Waals surface area contributed by atoms with E-state index in [1.165, 1.54) is 37.6 Å². The molecule has 1 unspecified atom stereocenters. The molecule has 0 spiro atoms. The molecule has 10 heteroatoms. The van der Waals surface area contributed by atoms with Crippen LogP contribution in [-0.4, -0.2) is 23.9 Å². The quantitative estimate of drug-likeness (QED) is 0.271. The van der Waals surface area contributed by atoms with Gasteiger partial charge in [0.25, 0.3) is 11.7 Å². The standard InChI is InChI=1S/C23H15BrF3NO5/c1-32-16-9-4-12(11-15(16)24)20(29)18-19(17-3-2-10-33-17)28(22(31)21(18)30)14-7-5-13(6-8-14)23(25,26)27/h2-11,19,29H,1H3/b20-18-. The molecule has 0 radical (unpaired) electrons. The number of aliphatic hydroxyl groups excluding tert-OH is 1. The summed E-state index contributed by atoms with van der Waals surface area (Å²) in [6.07, 6.45) is -3.24. The third-order valence-electron chi connectivity index (χ3n) is 5.16. The molecule has 1 fully saturated rings. The Bertz CT molecular complexity index is 1250. The number of amides is 1. The number of nitrogens with zero attached hydrogens (tertiary/aromatic N) is 1. The number of methoxy groups -OCH3 is 1. The Hall–Kier alpha value is -3.53. The highest BCUT2D eigenvalue weighted by Gasteiger charge is 2.48. The highest BCUT2D eigenvalue weighted by atomic mass is 79.9. The molecule has 1 atom stereocenters. The first-order valence-corrected chi connectivity index (χ1v) is 10.3. The van der Waals surface area contributed by atoms with Crippen molar-refractivity contribution in [2.45, 2.75) is 12.2 Å². The zero-order valence-corrected chi connectivity index (χ0v) is 18.5. The van der Waals surface area contributed by atoms with Gasteiger partial charge in [0.05, 0.1) is 29.0 Å². The van der Waals surface area contributed by atoms with Crippen LogP contribution < -0.4 is 9.64 Å². The first-order valence-electron chi connectivity index (χ1n) is 9.49. The number of halogens is 4. The van der Waals surface area contributed by atoms with Crippen molar-refractivity contribution in [1.29, 1.82) is 0 Å². The number of ether oxygens (including phenoxy) is 1. The van der Waals surface area contributed by atoms with Gasteiger partial charge < -0.3 is 14.3 Å². The molecule has 1 aliphatic rings. The third-order valence-corrected chi connectivity index (χ3v) is 5.77. The molecule has 1 saturated heterocycles. The van der Waals surface area contributed by atoms with E-state index in [2.05, 4.69) is 15.9 Å². The van der Waals surface area contributed by atoms with E-state index in [0.29, 0.717) is 10.2 Å². The summed E-state index contributed by atoms with van der Waals surface area (Å²) in [7, 11) is 1.46. The van der Waals surface area contributed by atoms with Crippen molar-refractivity contribution in [3.05, 3.63) is 87.8 Å². The second-order valence-corrected chi connectivity index (χ2v) is 7.93. The number of Topliss-reactive ketones (excluding diaryl/α,β-unsaturated/α-hetero) is 1. The molecule has 33 heavy (non-hydrogen) atoms. The zero-order chi connectivity index (χ0) is 23.9. The fourth-order valence-electron chi connectivity index (χ4n) is 3.60. The highest BCUT2D eigenvalue weighted by molar-refractivity contribution is 9.10. The molecule has 6 nitrogen and oxygen atoms in total. The van der Waals surface area contributed by atoms with Crippen LogP contribution in [0.25, 0.3) is 5.76 Å². The maximum atomic E-state index is 13.0. The van der Waals surface area contributed by atoms with Crippen molar-refractivity contribution >= 4 is 39.1 Å². The van der Waals surface area contributed by atoms with Gasteiger partial charge in [-0.3, -0.25) is 14.5 Å². The lowest BCUT2D eigenvalue weighted by Crippen LogP contribution is -2.29. The average molecular weight is 522 g/mol. The molecule has 3 aromatic rings. The van der Waals surface area contributed by atoms with Crippen LogP contribution in [0.5, 0.6) is 5.75 Å². The van der Waals surface area contributed by atoms with Crippen molar-refractivity contribution in [3.8, 4) is 5.75 Å². The number of carbonyl (C=O) groups excluding carboxylic acids is 2. The molecule has 0 aliphatic carbocycles. The molecule has 170 valence electrons. The molecule has 2 heterocycles. The van der Waals surface area contributed by atoms with Crippen LogP contribution in [0.15, 0.2) is 75.3 Å². The van der Waals surface area contributed by atoms with Crippen molar-refractivity contribution in [2.24, 2.45) is 0 Å². The average Bonchev–Trinajstić information content (AvgIpc) is 3.40. The summed E-state index contributed by atoms with van der Waals surface area (Å²) in [4.78, 5) is 26.9. The Morgan fingerprint density at radius 1 is 1.12 bits per heavy atom. The lowest BCUT2D eigenvalue weighted by molar-refractivity contribution is -0.137. The zero-order valence-electron chi connectivity index (χ0n) is 16.9. The number of hydrogen-bond donors (Lipinski definition) is 1. The lowest BCUT2D eigenvalue weighted by atomic mass is 9.99. The number of hydrogen-bond acceptors (Lipinski definition) is 5. The van der Waals surface area contributed by atoms with Gasteiger partial charge >= 0.3 is 6.18 Å². The molecule has 0 saturated carbocycles. The molecular weight excluding hydrogens is 507 g/mol. The number of ketones is 1. The predicted octanol–water partition coefficient (Wildman–Crippen LogP) is 5.70. The number of aliphatic hydroxyl groups is 1. The molecule has 1 aliphatic heterocycles. The molecule has 2 aromatic carbocycles. The third kappa shape index (κ3) is 4.02. The maximum Gasteiger partial charge on any atom is 0.416 e. The highest BCUT2D eigenvalue weighted by Crippen LogP contribution is 2.43. The minimum atomic E-state index is -4.56. The SMILES string of the molecule is COc1ccc(/C(O)=C2/C(=O)C(=O)N(c3ccc(C(F)(F)F)cc3)C2c2ccco2)cc1Br. The maximum absolute atomic E-state index is 13.0. The minimum absolute atomic E-state index is 0.0430. The van der Waals surface area contributed by atoms with Crippen LogP contribution in [0.2, 0.25) is 0 Å². The fourth-order valence-corrected chi connectivity index (χ4v) is 4.14. The van der Waals surface area contributed by atoms with Crippen LogP contribution in [0.3, 0.4) is 0 Å². The minimum Gasteiger partial charge on any atom is -0.507 e. The van der Waals surface area contributed by atoms with Crippen molar-refractivity contribution in [3.63, 3.8) is 0 Å². The Kier molecular flexibility index (Phi) is 5.79. The Balaban J connectivity index is 1.86. The first kappa shape index (κ1) is 22.7. The number of anilines is 1. The van der Waals surface area contributed by atoms with Crippen molar-refractivity contribution in [2.75, 3.05) is 12.0 Å². The largest absolute Gasteiger partial charge is 0.507 e. The first-order chi connectivity index (χ1) is 15.6. The van der Waals surface area contributed by atoms with Gasteiger partial charge in [0.15, 0.2) is 0 Å². The van der Waals surface area contributed by atoms with E-state index in [0.717, 1.165) is 29.2 Å². The second-order valence-electron chi connectivity index (χ2n) is 7.08. The van der Waals surface area contributed by atoms with Crippen molar-refractivity contribution in [1.82, 2.24) is 0 Å². The normalized spacial score (nSPS) is 18.1. The van der Waals surface area contributed by atoms with E-state index in [-0.39, 0.29) is 22.6 Å². The van der Waals surface area contributed by atoms with Crippen LogP contribution in [-0.2, 0) is 15.8 Å². The van der Waals surface area contributed by atoms with Gasteiger partial charge in [-0.25, -0.2) is 0 Å². The molecule has 4 rings (SSSR count). The van der Waals surface area contributed by atoms with Crippen LogP contribution in [0, 0.1) is 0 Å². The topological polar surface area (TPSA) is 80.0 Å². The molecule has 1 N–H and O–H groups in total. The summed E-state index contributed by atoms with van der Waals surface area (Å²) in [6.45, 7) is 0. The van der Waals surface area contributed by atoms with E-state index in [9.17, 15) is 27.9 Å². The van der Waals surface area contributed by atoms with Gasteiger partial charge in [0.1, 0.15) is 23.3 Å². The summed E-state index contributed by atoms with van der Waals surface area (Å²) in [6, 6.07) is 10.2. The van der Waals surface area contributed by atoms with Gasteiger partial charge in [-0.05, 0) is 70.5 Å². The number of furan rings is 1. The van der Waals surface area contributed by atoms with Gasteiger partial charge in [-0.15, -0.1) is 0 Å². The predicted molar refractivity (Wildman–Crippen MR) is 116 cm³/mol.